The van der Waals surface area contributed by atoms with E-state index >= 15 is 0 Å². The molecule has 0 heterocycles. The fourth-order valence-corrected chi connectivity index (χ4v) is 4.09. The van der Waals surface area contributed by atoms with Crippen LogP contribution in [-0.2, 0) is 16.5 Å². The van der Waals surface area contributed by atoms with Gasteiger partial charge < -0.3 is 9.84 Å². The first-order chi connectivity index (χ1) is 13.9. The highest BCUT2D eigenvalue weighted by Crippen LogP contribution is 2.36. The smallest absolute Gasteiger partial charge is 0.301 e. The second-order valence-electron chi connectivity index (χ2n) is 7.37. The Balaban J connectivity index is 1.93. The van der Waals surface area contributed by atoms with Crippen molar-refractivity contribution in [3.8, 4) is 17.2 Å². The van der Waals surface area contributed by atoms with Crippen LogP contribution in [0.3, 0.4) is 0 Å². The average molecular weight is 421 g/mol. The van der Waals surface area contributed by atoms with E-state index in [4.69, 9.17) is 4.74 Å². The summed E-state index contributed by atoms with van der Waals surface area (Å²) in [6, 6.07) is 11.5. The van der Waals surface area contributed by atoms with Crippen LogP contribution in [0.25, 0.3) is 0 Å². The number of para-hydroxylation sites is 1. The van der Waals surface area contributed by atoms with Crippen molar-refractivity contribution in [2.75, 3.05) is 0 Å². The van der Waals surface area contributed by atoms with Crippen LogP contribution in [0.15, 0.2) is 47.4 Å². The average Bonchev–Trinajstić information content (AvgIpc) is 2.67. The van der Waals surface area contributed by atoms with Gasteiger partial charge >= 0.3 is 10.1 Å². The van der Waals surface area contributed by atoms with E-state index in [0.717, 1.165) is 24.8 Å². The molecular formula is C23H32O5S. The molecule has 0 aliphatic carbocycles. The predicted molar refractivity (Wildman–Crippen MR) is 115 cm³/mol. The van der Waals surface area contributed by atoms with Gasteiger partial charge in [-0.2, -0.15) is 8.42 Å². The number of aryl methyl sites for hydroxylation is 1. The third kappa shape index (κ3) is 7.71. The zero-order valence-electron chi connectivity index (χ0n) is 17.1. The standard InChI is InChI=1S/C23H32O5S/c1-2-3-4-5-6-7-8-9-10-14-19-15-11-12-17-21(19)28-22-18-13-16-20(24)23(22)29(25,26)27/h11-13,15-18,24H,2-10,14H2,1H3,(H,25,26,27). The minimum atomic E-state index is -4.61. The molecule has 0 unspecified atom stereocenters. The first kappa shape index (κ1) is 23.2. The summed E-state index contributed by atoms with van der Waals surface area (Å²) in [5.41, 5.74) is 0.972. The van der Waals surface area contributed by atoms with Gasteiger partial charge in [0.2, 0.25) is 0 Å². The summed E-state index contributed by atoms with van der Waals surface area (Å²) in [7, 11) is -4.61. The maximum absolute atomic E-state index is 11.6. The third-order valence-electron chi connectivity index (χ3n) is 4.96. The van der Waals surface area contributed by atoms with Crippen LogP contribution < -0.4 is 4.74 Å². The summed E-state index contributed by atoms with van der Waals surface area (Å²) in [5.74, 6) is -0.101. The molecule has 0 saturated carbocycles. The van der Waals surface area contributed by atoms with Crippen LogP contribution in [0.1, 0.15) is 70.3 Å². The highest BCUT2D eigenvalue weighted by molar-refractivity contribution is 7.86. The number of hydrogen-bond donors (Lipinski definition) is 2. The number of phenols is 1. The van der Waals surface area contributed by atoms with Crippen molar-refractivity contribution in [2.24, 2.45) is 0 Å². The molecule has 0 spiro atoms. The van der Waals surface area contributed by atoms with Crippen molar-refractivity contribution in [2.45, 2.75) is 76.0 Å². The number of benzene rings is 2. The molecule has 2 aromatic carbocycles. The fourth-order valence-electron chi connectivity index (χ4n) is 3.40. The summed E-state index contributed by atoms with van der Waals surface area (Å²) in [6.45, 7) is 2.23. The van der Waals surface area contributed by atoms with Gasteiger partial charge in [0.25, 0.3) is 0 Å². The van der Waals surface area contributed by atoms with Gasteiger partial charge in [-0.05, 0) is 36.6 Å². The monoisotopic (exact) mass is 420 g/mol. The highest BCUT2D eigenvalue weighted by Gasteiger charge is 2.22. The molecule has 0 aliphatic heterocycles. The molecule has 160 valence electrons. The normalized spacial score (nSPS) is 11.5. The van der Waals surface area contributed by atoms with Gasteiger partial charge in [-0.1, -0.05) is 82.6 Å². The maximum Gasteiger partial charge on any atom is 0.301 e. The van der Waals surface area contributed by atoms with Crippen molar-refractivity contribution < 1.29 is 22.8 Å². The van der Waals surface area contributed by atoms with E-state index in [-0.39, 0.29) is 5.75 Å². The minimum Gasteiger partial charge on any atom is -0.506 e. The van der Waals surface area contributed by atoms with Crippen molar-refractivity contribution in [3.05, 3.63) is 48.0 Å². The largest absolute Gasteiger partial charge is 0.506 e. The van der Waals surface area contributed by atoms with Crippen molar-refractivity contribution >= 4 is 10.1 Å². The van der Waals surface area contributed by atoms with E-state index in [0.29, 0.717) is 5.75 Å². The lowest BCUT2D eigenvalue weighted by Gasteiger charge is -2.14. The summed E-state index contributed by atoms with van der Waals surface area (Å²) in [4.78, 5) is -0.613. The Labute approximate surface area is 174 Å². The molecule has 0 radical (unpaired) electrons. The Bertz CT molecular complexity index is 861. The lowest BCUT2D eigenvalue weighted by Crippen LogP contribution is -2.02. The molecule has 0 aliphatic rings. The molecular weight excluding hydrogens is 388 g/mol. The molecule has 5 nitrogen and oxygen atoms in total. The fraction of sp³-hybridized carbons (Fsp3) is 0.478. The van der Waals surface area contributed by atoms with Crippen molar-refractivity contribution in [3.63, 3.8) is 0 Å². The molecule has 0 amide bonds. The Kier molecular flexibility index (Phi) is 9.48. The number of phenolic OH excluding ortho intramolecular Hbond substituents is 1. The maximum atomic E-state index is 11.6. The molecule has 6 heteroatoms. The lowest BCUT2D eigenvalue weighted by atomic mass is 10.0. The molecule has 2 aromatic rings. The Morgan fingerprint density at radius 3 is 2.03 bits per heavy atom. The van der Waals surface area contributed by atoms with E-state index in [2.05, 4.69) is 6.92 Å². The molecule has 2 rings (SSSR count). The SMILES string of the molecule is CCCCCCCCCCCc1ccccc1Oc1cccc(O)c1S(=O)(=O)O. The first-order valence-corrected chi connectivity index (χ1v) is 11.9. The van der Waals surface area contributed by atoms with E-state index in [1.165, 1.54) is 63.1 Å². The third-order valence-corrected chi connectivity index (χ3v) is 5.88. The molecule has 0 saturated heterocycles. The van der Waals surface area contributed by atoms with Gasteiger partial charge in [-0.25, -0.2) is 0 Å². The van der Waals surface area contributed by atoms with E-state index in [9.17, 15) is 18.1 Å². The zero-order chi connectivity index (χ0) is 21.1. The molecule has 29 heavy (non-hydrogen) atoms. The zero-order valence-corrected chi connectivity index (χ0v) is 18.0. The van der Waals surface area contributed by atoms with Crippen LogP contribution in [0, 0.1) is 0 Å². The number of ether oxygens (including phenoxy) is 1. The van der Waals surface area contributed by atoms with Gasteiger partial charge in [0, 0.05) is 0 Å². The molecule has 0 atom stereocenters. The van der Waals surface area contributed by atoms with Crippen LogP contribution in [0.4, 0.5) is 0 Å². The van der Waals surface area contributed by atoms with E-state index in [1.807, 2.05) is 18.2 Å². The minimum absolute atomic E-state index is 0.0907. The molecule has 0 bridgehead atoms. The Morgan fingerprint density at radius 1 is 0.793 bits per heavy atom. The van der Waals surface area contributed by atoms with Gasteiger partial charge in [0.1, 0.15) is 11.5 Å². The second-order valence-corrected chi connectivity index (χ2v) is 8.73. The van der Waals surface area contributed by atoms with Crippen LogP contribution in [0.5, 0.6) is 17.2 Å². The van der Waals surface area contributed by atoms with Gasteiger partial charge in [-0.3, -0.25) is 4.55 Å². The first-order valence-electron chi connectivity index (χ1n) is 10.5. The quantitative estimate of drug-likeness (QED) is 0.285. The van der Waals surface area contributed by atoms with Crippen LogP contribution >= 0.6 is 0 Å². The lowest BCUT2D eigenvalue weighted by molar-refractivity contribution is 0.413. The summed E-state index contributed by atoms with van der Waals surface area (Å²) in [5, 5.41) is 9.85. The molecule has 2 N–H and O–H groups in total. The summed E-state index contributed by atoms with van der Waals surface area (Å²) >= 11 is 0. The number of rotatable bonds is 13. The molecule has 0 fully saturated rings. The second kappa shape index (κ2) is 11.8. The topological polar surface area (TPSA) is 83.8 Å². The van der Waals surface area contributed by atoms with E-state index in [1.54, 1.807) is 6.07 Å². The predicted octanol–water partition coefficient (Wildman–Crippen LogP) is 6.50. The highest BCUT2D eigenvalue weighted by atomic mass is 32.2. The molecule has 0 aromatic heterocycles. The van der Waals surface area contributed by atoms with Gasteiger partial charge in [0.05, 0.1) is 0 Å². The summed E-state index contributed by atoms with van der Waals surface area (Å²) in [6.07, 6.45) is 12.0. The number of hydrogen-bond acceptors (Lipinski definition) is 4. The Hall–Kier alpha value is -2.05. The van der Waals surface area contributed by atoms with Gasteiger partial charge in [0.15, 0.2) is 10.6 Å². The van der Waals surface area contributed by atoms with Crippen LogP contribution in [0.2, 0.25) is 0 Å². The van der Waals surface area contributed by atoms with Gasteiger partial charge in [-0.15, -0.1) is 0 Å². The Morgan fingerprint density at radius 2 is 1.38 bits per heavy atom. The van der Waals surface area contributed by atoms with Crippen molar-refractivity contribution in [1.29, 1.82) is 0 Å². The summed E-state index contributed by atoms with van der Waals surface area (Å²) < 4.78 is 38.4. The van der Waals surface area contributed by atoms with E-state index < -0.39 is 20.8 Å². The number of unbranched alkanes of at least 4 members (excludes halogenated alkanes) is 8. The number of aromatic hydroxyl groups is 1. The van der Waals surface area contributed by atoms with Crippen LogP contribution in [-0.4, -0.2) is 18.1 Å². The van der Waals surface area contributed by atoms with Crippen molar-refractivity contribution in [1.82, 2.24) is 0 Å².